The zero-order valence-electron chi connectivity index (χ0n) is 9.14. The molecule has 3 nitrogen and oxygen atoms in total. The summed E-state index contributed by atoms with van der Waals surface area (Å²) in [5.74, 6) is -5.22. The van der Waals surface area contributed by atoms with Crippen LogP contribution in [0.15, 0.2) is 12.1 Å². The molecule has 1 atom stereocenters. The smallest absolute Gasteiger partial charge is 0.251 e. The van der Waals surface area contributed by atoms with E-state index >= 15 is 0 Å². The molecule has 0 aliphatic carbocycles. The Morgan fingerprint density at radius 1 is 1.35 bits per heavy atom. The number of nitrogens with one attached hydrogen (secondary N) is 1. The van der Waals surface area contributed by atoms with Gasteiger partial charge in [0.2, 0.25) is 0 Å². The van der Waals surface area contributed by atoms with Gasteiger partial charge in [0.25, 0.3) is 5.91 Å². The van der Waals surface area contributed by atoms with Crippen molar-refractivity contribution in [3.8, 4) is 0 Å². The van der Waals surface area contributed by atoms with Crippen molar-refractivity contribution in [2.75, 3.05) is 6.61 Å². The van der Waals surface area contributed by atoms with Crippen LogP contribution in [-0.2, 0) is 0 Å². The van der Waals surface area contributed by atoms with Crippen molar-refractivity contribution in [3.63, 3.8) is 0 Å². The van der Waals surface area contributed by atoms with Gasteiger partial charge in [0, 0.05) is 5.56 Å². The van der Waals surface area contributed by atoms with Crippen LogP contribution in [0.3, 0.4) is 0 Å². The van der Waals surface area contributed by atoms with Crippen molar-refractivity contribution >= 4 is 5.91 Å². The Hall–Kier alpha value is -1.56. The Kier molecular flexibility index (Phi) is 4.51. The Balaban J connectivity index is 2.90. The minimum Gasteiger partial charge on any atom is -0.394 e. The third-order valence-electron chi connectivity index (χ3n) is 2.29. The first-order chi connectivity index (χ1) is 7.99. The summed E-state index contributed by atoms with van der Waals surface area (Å²) >= 11 is 0. The van der Waals surface area contributed by atoms with Gasteiger partial charge >= 0.3 is 0 Å². The van der Waals surface area contributed by atoms with Gasteiger partial charge in [-0.3, -0.25) is 4.79 Å². The van der Waals surface area contributed by atoms with Crippen molar-refractivity contribution in [1.82, 2.24) is 5.32 Å². The fraction of sp³-hybridized carbons (Fsp3) is 0.364. The number of rotatable bonds is 4. The number of aliphatic hydroxyl groups excluding tert-OH is 1. The molecule has 0 heterocycles. The van der Waals surface area contributed by atoms with Gasteiger partial charge in [-0.2, -0.15) is 0 Å². The van der Waals surface area contributed by atoms with Crippen LogP contribution in [0.1, 0.15) is 23.7 Å². The molecule has 1 aromatic carbocycles. The second-order valence-corrected chi connectivity index (χ2v) is 3.52. The minimum atomic E-state index is -1.62. The fourth-order valence-electron chi connectivity index (χ4n) is 1.23. The van der Waals surface area contributed by atoms with Crippen molar-refractivity contribution in [3.05, 3.63) is 35.1 Å². The van der Waals surface area contributed by atoms with Gasteiger partial charge in [0.15, 0.2) is 17.5 Å². The molecule has 1 amide bonds. The summed E-state index contributed by atoms with van der Waals surface area (Å²) in [4.78, 5) is 11.5. The highest BCUT2D eigenvalue weighted by Crippen LogP contribution is 2.13. The molecular formula is C11H12F3NO2. The van der Waals surface area contributed by atoms with E-state index in [9.17, 15) is 18.0 Å². The largest absolute Gasteiger partial charge is 0.394 e. The molecule has 94 valence electrons. The maximum Gasteiger partial charge on any atom is 0.251 e. The molecule has 0 fully saturated rings. The fourth-order valence-corrected chi connectivity index (χ4v) is 1.23. The Morgan fingerprint density at radius 3 is 2.29 bits per heavy atom. The summed E-state index contributed by atoms with van der Waals surface area (Å²) in [6.07, 6.45) is 0.467. The standard InChI is InChI=1S/C11H12F3NO2/c1-2-7(5-16)15-11(17)6-3-8(12)10(14)9(13)4-6/h3-4,7,16H,2,5H2,1H3,(H,15,17)/t7-/m1/s1. The number of amides is 1. The quantitative estimate of drug-likeness (QED) is 0.794. The highest BCUT2D eigenvalue weighted by atomic mass is 19.2. The zero-order chi connectivity index (χ0) is 13.0. The average molecular weight is 247 g/mol. The molecule has 0 saturated carbocycles. The average Bonchev–Trinajstić information content (AvgIpc) is 2.31. The molecule has 0 aromatic heterocycles. The highest BCUT2D eigenvalue weighted by Gasteiger charge is 2.16. The van der Waals surface area contributed by atoms with E-state index in [1.807, 2.05) is 0 Å². The molecule has 0 spiro atoms. The normalized spacial score (nSPS) is 12.3. The zero-order valence-corrected chi connectivity index (χ0v) is 9.14. The Labute approximate surface area is 96.3 Å². The van der Waals surface area contributed by atoms with E-state index in [0.717, 1.165) is 0 Å². The summed E-state index contributed by atoms with van der Waals surface area (Å²) < 4.78 is 38.4. The number of carbonyl (C=O) groups is 1. The van der Waals surface area contributed by atoms with Crippen LogP contribution in [0.5, 0.6) is 0 Å². The molecule has 0 radical (unpaired) electrons. The Bertz CT molecular complexity index is 396. The number of hydrogen-bond acceptors (Lipinski definition) is 2. The molecule has 0 unspecified atom stereocenters. The van der Waals surface area contributed by atoms with Gasteiger partial charge in [-0.25, -0.2) is 13.2 Å². The molecule has 0 bridgehead atoms. The van der Waals surface area contributed by atoms with Crippen LogP contribution in [0, 0.1) is 17.5 Å². The van der Waals surface area contributed by atoms with Crippen molar-refractivity contribution in [2.24, 2.45) is 0 Å². The molecule has 6 heteroatoms. The van der Waals surface area contributed by atoms with Gasteiger partial charge in [-0.15, -0.1) is 0 Å². The second-order valence-electron chi connectivity index (χ2n) is 3.52. The summed E-state index contributed by atoms with van der Waals surface area (Å²) in [5, 5.41) is 11.2. The SMILES string of the molecule is CC[C@H](CO)NC(=O)c1cc(F)c(F)c(F)c1. The van der Waals surface area contributed by atoms with Crippen LogP contribution >= 0.6 is 0 Å². The third-order valence-corrected chi connectivity index (χ3v) is 2.29. The van der Waals surface area contributed by atoms with Crippen LogP contribution in [0.2, 0.25) is 0 Å². The Morgan fingerprint density at radius 2 is 1.88 bits per heavy atom. The molecule has 0 aliphatic heterocycles. The van der Waals surface area contributed by atoms with Crippen LogP contribution < -0.4 is 5.32 Å². The molecular weight excluding hydrogens is 235 g/mol. The molecule has 1 rings (SSSR count). The van der Waals surface area contributed by atoms with Crippen LogP contribution in [0.25, 0.3) is 0 Å². The maximum absolute atomic E-state index is 12.9. The lowest BCUT2D eigenvalue weighted by Crippen LogP contribution is -2.37. The molecule has 17 heavy (non-hydrogen) atoms. The number of carbonyl (C=O) groups excluding carboxylic acids is 1. The van der Waals surface area contributed by atoms with Gasteiger partial charge < -0.3 is 10.4 Å². The van der Waals surface area contributed by atoms with E-state index in [1.54, 1.807) is 6.92 Å². The number of benzene rings is 1. The van der Waals surface area contributed by atoms with Gasteiger partial charge in [0.05, 0.1) is 12.6 Å². The summed E-state index contributed by atoms with van der Waals surface area (Å²) in [6, 6.07) is 0.717. The first-order valence-corrected chi connectivity index (χ1v) is 5.05. The molecule has 0 aliphatic rings. The van der Waals surface area contributed by atoms with E-state index in [1.165, 1.54) is 0 Å². The lowest BCUT2D eigenvalue weighted by atomic mass is 10.1. The van der Waals surface area contributed by atoms with E-state index in [-0.39, 0.29) is 12.2 Å². The third kappa shape index (κ3) is 3.20. The van der Waals surface area contributed by atoms with E-state index in [2.05, 4.69) is 5.32 Å². The highest BCUT2D eigenvalue weighted by molar-refractivity contribution is 5.94. The van der Waals surface area contributed by atoms with Gasteiger partial charge in [-0.05, 0) is 18.6 Å². The monoisotopic (exact) mass is 247 g/mol. The van der Waals surface area contributed by atoms with Crippen LogP contribution in [0.4, 0.5) is 13.2 Å². The predicted molar refractivity (Wildman–Crippen MR) is 54.9 cm³/mol. The second kappa shape index (κ2) is 5.67. The van der Waals surface area contributed by atoms with Crippen molar-refractivity contribution in [2.45, 2.75) is 19.4 Å². The lowest BCUT2D eigenvalue weighted by Gasteiger charge is -2.14. The first-order valence-electron chi connectivity index (χ1n) is 5.05. The van der Waals surface area contributed by atoms with Gasteiger partial charge in [0.1, 0.15) is 0 Å². The number of hydrogen-bond donors (Lipinski definition) is 2. The topological polar surface area (TPSA) is 49.3 Å². The van der Waals surface area contributed by atoms with E-state index < -0.39 is 29.4 Å². The van der Waals surface area contributed by atoms with Gasteiger partial charge in [-0.1, -0.05) is 6.92 Å². The molecule has 0 saturated heterocycles. The summed E-state index contributed by atoms with van der Waals surface area (Å²) in [7, 11) is 0. The number of aliphatic hydroxyl groups is 1. The van der Waals surface area contributed by atoms with Crippen molar-refractivity contribution in [1.29, 1.82) is 0 Å². The molecule has 1 aromatic rings. The predicted octanol–water partition coefficient (Wildman–Crippen LogP) is 1.60. The first kappa shape index (κ1) is 13.5. The van der Waals surface area contributed by atoms with E-state index in [0.29, 0.717) is 18.6 Å². The maximum atomic E-state index is 12.9. The van der Waals surface area contributed by atoms with E-state index in [4.69, 9.17) is 5.11 Å². The number of halogens is 3. The summed E-state index contributed by atoms with van der Waals surface area (Å²) in [5.41, 5.74) is -0.326. The molecule has 2 N–H and O–H groups in total. The summed E-state index contributed by atoms with van der Waals surface area (Å²) in [6.45, 7) is 1.45. The lowest BCUT2D eigenvalue weighted by molar-refractivity contribution is 0.0914. The van der Waals surface area contributed by atoms with Crippen LogP contribution in [-0.4, -0.2) is 23.7 Å². The minimum absolute atomic E-state index is 0.283. The van der Waals surface area contributed by atoms with Crippen molar-refractivity contribution < 1.29 is 23.1 Å².